The molecule has 0 atom stereocenters. The topological polar surface area (TPSA) is 18.5 Å². The molecule has 0 unspecified atom stereocenters. The van der Waals surface area contributed by atoms with E-state index in [1.165, 1.54) is 4.90 Å². The lowest BCUT2D eigenvalue weighted by molar-refractivity contribution is 0.167. The van der Waals surface area contributed by atoms with Crippen LogP contribution in [0.5, 0.6) is 5.75 Å². The van der Waals surface area contributed by atoms with E-state index in [1.54, 1.807) is 18.9 Å². The summed E-state index contributed by atoms with van der Waals surface area (Å²) in [6.45, 7) is 1.50. The molecule has 0 fully saturated rings. The zero-order chi connectivity index (χ0) is 10.9. The summed E-state index contributed by atoms with van der Waals surface area (Å²) in [5.74, 6) is 2.65. The van der Waals surface area contributed by atoms with Gasteiger partial charge < -0.3 is 9.47 Å². The summed E-state index contributed by atoms with van der Waals surface area (Å²) in [6, 6.07) is 8.05. The number of benzene rings is 1. The Bertz CT molecular complexity index is 262. The maximum atomic E-state index is 5.33. The fourth-order valence-electron chi connectivity index (χ4n) is 1.06. The van der Waals surface area contributed by atoms with E-state index in [1.807, 2.05) is 12.1 Å². The second kappa shape index (κ2) is 7.91. The van der Waals surface area contributed by atoms with Gasteiger partial charge in [-0.3, -0.25) is 0 Å². The highest BCUT2D eigenvalue weighted by molar-refractivity contribution is 7.99. The Balaban J connectivity index is 2.20. The maximum absolute atomic E-state index is 5.33. The largest absolute Gasteiger partial charge is 0.497 e. The van der Waals surface area contributed by atoms with Crippen LogP contribution in [0.15, 0.2) is 29.2 Å². The van der Waals surface area contributed by atoms with Gasteiger partial charge in [0.15, 0.2) is 0 Å². The Morgan fingerprint density at radius 2 is 1.93 bits per heavy atom. The van der Waals surface area contributed by atoms with Crippen LogP contribution in [0.3, 0.4) is 0 Å². The molecule has 1 rings (SSSR count). The Kier molecular flexibility index (Phi) is 6.72. The Morgan fingerprint density at radius 3 is 2.53 bits per heavy atom. The first-order valence-electron chi connectivity index (χ1n) is 4.82. The van der Waals surface area contributed by atoms with Gasteiger partial charge in [0.2, 0.25) is 0 Å². The molecule has 0 amide bonds. The predicted octanol–water partition coefficient (Wildman–Crippen LogP) is 2.73. The maximum Gasteiger partial charge on any atom is 0.118 e. The monoisotopic (exact) mass is 244 g/mol. The van der Waals surface area contributed by atoms with E-state index < -0.39 is 0 Å². The first-order chi connectivity index (χ1) is 7.36. The summed E-state index contributed by atoms with van der Waals surface area (Å²) >= 11 is 5.85. The van der Waals surface area contributed by atoms with E-state index >= 15 is 0 Å². The van der Waals surface area contributed by atoms with Crippen LogP contribution >= 0.6 is 24.4 Å². The molecule has 0 saturated heterocycles. The number of thiol groups is 1. The average molecular weight is 244 g/mol. The number of thioether (sulfide) groups is 1. The van der Waals surface area contributed by atoms with Gasteiger partial charge in [-0.15, -0.1) is 11.8 Å². The lowest BCUT2D eigenvalue weighted by Gasteiger charge is -2.04. The van der Waals surface area contributed by atoms with Crippen molar-refractivity contribution in [3.05, 3.63) is 24.3 Å². The standard InChI is InChI=1S/C11H16O2S2/c1-12-10-2-4-11(5-3-10)15-9-7-13-6-8-14/h2-5,14H,6-9H2,1H3. The van der Waals surface area contributed by atoms with Gasteiger partial charge in [-0.25, -0.2) is 0 Å². The van der Waals surface area contributed by atoms with Gasteiger partial charge in [0, 0.05) is 16.4 Å². The van der Waals surface area contributed by atoms with Gasteiger partial charge in [0.1, 0.15) is 5.75 Å². The van der Waals surface area contributed by atoms with E-state index in [9.17, 15) is 0 Å². The number of rotatable bonds is 7. The summed E-state index contributed by atoms with van der Waals surface area (Å²) in [5, 5.41) is 0. The molecule has 15 heavy (non-hydrogen) atoms. The molecule has 2 nitrogen and oxygen atoms in total. The summed E-state index contributed by atoms with van der Waals surface area (Å²) in [6.07, 6.45) is 0. The van der Waals surface area contributed by atoms with Gasteiger partial charge in [-0.05, 0) is 24.3 Å². The van der Waals surface area contributed by atoms with E-state index in [0.29, 0.717) is 0 Å². The lowest BCUT2D eigenvalue weighted by Crippen LogP contribution is -1.99. The van der Waals surface area contributed by atoms with E-state index in [2.05, 4.69) is 24.8 Å². The van der Waals surface area contributed by atoms with Crippen molar-refractivity contribution >= 4 is 24.4 Å². The number of methoxy groups -OCH3 is 1. The lowest BCUT2D eigenvalue weighted by atomic mass is 10.3. The van der Waals surface area contributed by atoms with Gasteiger partial charge in [-0.1, -0.05) is 0 Å². The fourth-order valence-corrected chi connectivity index (χ4v) is 1.95. The first kappa shape index (κ1) is 12.7. The highest BCUT2D eigenvalue weighted by Gasteiger charge is 1.95. The second-order valence-electron chi connectivity index (χ2n) is 2.86. The summed E-state index contributed by atoms with van der Waals surface area (Å²) < 4.78 is 10.4. The minimum absolute atomic E-state index is 0.728. The minimum atomic E-state index is 0.728. The molecule has 0 aliphatic heterocycles. The molecule has 0 spiro atoms. The molecule has 1 aromatic rings. The fraction of sp³-hybridized carbons (Fsp3) is 0.455. The van der Waals surface area contributed by atoms with Crippen molar-refractivity contribution in [1.29, 1.82) is 0 Å². The van der Waals surface area contributed by atoms with Crippen molar-refractivity contribution in [2.45, 2.75) is 4.90 Å². The van der Waals surface area contributed by atoms with E-state index in [0.717, 1.165) is 30.5 Å². The molecule has 4 heteroatoms. The Morgan fingerprint density at radius 1 is 1.20 bits per heavy atom. The summed E-state index contributed by atoms with van der Waals surface area (Å²) in [4.78, 5) is 1.24. The molecule has 0 bridgehead atoms. The highest BCUT2D eigenvalue weighted by atomic mass is 32.2. The van der Waals surface area contributed by atoms with Crippen molar-refractivity contribution in [3.63, 3.8) is 0 Å². The average Bonchev–Trinajstić information content (AvgIpc) is 2.30. The third-order valence-electron chi connectivity index (χ3n) is 1.79. The molecule has 0 aromatic heterocycles. The molecule has 1 aromatic carbocycles. The quantitative estimate of drug-likeness (QED) is 0.452. The molecule has 0 aliphatic carbocycles. The summed E-state index contributed by atoms with van der Waals surface area (Å²) in [5.41, 5.74) is 0. The number of ether oxygens (including phenoxy) is 2. The molecule has 0 aliphatic rings. The van der Waals surface area contributed by atoms with Crippen LogP contribution in [-0.2, 0) is 4.74 Å². The second-order valence-corrected chi connectivity index (χ2v) is 4.48. The van der Waals surface area contributed by atoms with Crippen LogP contribution in [0.25, 0.3) is 0 Å². The van der Waals surface area contributed by atoms with Gasteiger partial charge in [0.25, 0.3) is 0 Å². The molecule has 0 N–H and O–H groups in total. The Labute approximate surface area is 101 Å². The zero-order valence-electron chi connectivity index (χ0n) is 8.81. The van der Waals surface area contributed by atoms with Crippen LogP contribution in [0.4, 0.5) is 0 Å². The minimum Gasteiger partial charge on any atom is -0.497 e. The molecule has 0 saturated carbocycles. The van der Waals surface area contributed by atoms with Gasteiger partial charge >= 0.3 is 0 Å². The van der Waals surface area contributed by atoms with Crippen molar-refractivity contribution in [3.8, 4) is 5.75 Å². The van der Waals surface area contributed by atoms with Crippen molar-refractivity contribution in [1.82, 2.24) is 0 Å². The van der Waals surface area contributed by atoms with Crippen molar-refractivity contribution in [2.75, 3.05) is 31.8 Å². The van der Waals surface area contributed by atoms with Crippen LogP contribution in [0.1, 0.15) is 0 Å². The van der Waals surface area contributed by atoms with E-state index in [4.69, 9.17) is 9.47 Å². The molecule has 84 valence electrons. The third kappa shape index (κ3) is 5.35. The van der Waals surface area contributed by atoms with Crippen LogP contribution in [-0.4, -0.2) is 31.8 Å². The zero-order valence-corrected chi connectivity index (χ0v) is 10.5. The van der Waals surface area contributed by atoms with Gasteiger partial charge in [-0.2, -0.15) is 12.6 Å². The SMILES string of the molecule is COc1ccc(SCCOCCS)cc1. The van der Waals surface area contributed by atoms with Crippen LogP contribution in [0.2, 0.25) is 0 Å². The Hall–Kier alpha value is -0.320. The van der Waals surface area contributed by atoms with Crippen LogP contribution in [0, 0.1) is 0 Å². The number of hydrogen-bond acceptors (Lipinski definition) is 4. The summed E-state index contributed by atoms with van der Waals surface area (Å²) in [7, 11) is 1.67. The normalized spacial score (nSPS) is 10.3. The van der Waals surface area contributed by atoms with Crippen molar-refractivity contribution in [2.24, 2.45) is 0 Å². The van der Waals surface area contributed by atoms with Crippen molar-refractivity contribution < 1.29 is 9.47 Å². The predicted molar refractivity (Wildman–Crippen MR) is 68.4 cm³/mol. The molecular formula is C11H16O2S2. The van der Waals surface area contributed by atoms with E-state index in [-0.39, 0.29) is 0 Å². The molecule has 0 radical (unpaired) electrons. The smallest absolute Gasteiger partial charge is 0.118 e. The molecule has 0 heterocycles. The van der Waals surface area contributed by atoms with Crippen LogP contribution < -0.4 is 4.74 Å². The number of hydrogen-bond donors (Lipinski definition) is 1. The first-order valence-corrected chi connectivity index (χ1v) is 6.44. The van der Waals surface area contributed by atoms with Gasteiger partial charge in [0.05, 0.1) is 20.3 Å². The highest BCUT2D eigenvalue weighted by Crippen LogP contribution is 2.20. The third-order valence-corrected chi connectivity index (χ3v) is 2.95. The molecular weight excluding hydrogens is 228 g/mol.